The third kappa shape index (κ3) is 4.02. The zero-order valence-corrected chi connectivity index (χ0v) is 23.7. The van der Waals surface area contributed by atoms with Crippen LogP contribution in [0.3, 0.4) is 0 Å². The van der Waals surface area contributed by atoms with Crippen LogP contribution in [-0.4, -0.2) is 12.3 Å². The van der Waals surface area contributed by atoms with E-state index in [-0.39, 0.29) is 6.04 Å². The molecule has 196 valence electrons. The maximum absolute atomic E-state index is 2.55. The lowest BCUT2D eigenvalue weighted by atomic mass is 9.88. The highest BCUT2D eigenvalue weighted by Gasteiger charge is 2.36. The second-order valence-electron chi connectivity index (χ2n) is 10.9. The molecule has 0 saturated carbocycles. The number of benzene rings is 6. The number of para-hydroxylation sites is 1. The summed E-state index contributed by atoms with van der Waals surface area (Å²) in [5.74, 6) is 0. The third-order valence-corrected chi connectivity index (χ3v) is 9.44. The predicted octanol–water partition coefficient (Wildman–Crippen LogP) is 10.8. The molecule has 1 unspecified atom stereocenters. The van der Waals surface area contributed by atoms with Crippen LogP contribution in [-0.2, 0) is 0 Å². The molecule has 0 aromatic heterocycles. The Labute approximate surface area is 245 Å². The Morgan fingerprint density at radius 3 is 2.32 bits per heavy atom. The lowest BCUT2D eigenvalue weighted by molar-refractivity contribution is 0.832. The van der Waals surface area contributed by atoms with Gasteiger partial charge in [0.25, 0.3) is 0 Å². The molecule has 1 aliphatic carbocycles. The van der Waals surface area contributed by atoms with Crippen LogP contribution in [0, 0.1) is 0 Å². The van der Waals surface area contributed by atoms with Crippen molar-refractivity contribution < 1.29 is 0 Å². The molecule has 0 amide bonds. The van der Waals surface area contributed by atoms with Crippen molar-refractivity contribution in [1.82, 2.24) is 0 Å². The summed E-state index contributed by atoms with van der Waals surface area (Å²) < 4.78 is 0. The minimum atomic E-state index is 0.285. The first-order valence-electron chi connectivity index (χ1n) is 14.2. The van der Waals surface area contributed by atoms with Gasteiger partial charge in [-0.2, -0.15) is 0 Å². The molecule has 6 aromatic carbocycles. The zero-order chi connectivity index (χ0) is 27.3. The van der Waals surface area contributed by atoms with Crippen LogP contribution in [0.2, 0.25) is 0 Å². The van der Waals surface area contributed by atoms with Gasteiger partial charge in [-0.05, 0) is 98.5 Å². The van der Waals surface area contributed by atoms with Crippen LogP contribution in [0.25, 0.3) is 43.8 Å². The van der Waals surface area contributed by atoms with Gasteiger partial charge in [0, 0.05) is 21.8 Å². The Morgan fingerprint density at radius 2 is 1.41 bits per heavy atom. The molecule has 6 aromatic rings. The molecule has 8 rings (SSSR count). The van der Waals surface area contributed by atoms with E-state index >= 15 is 0 Å². The minimum Gasteiger partial charge on any atom is -0.333 e. The first-order chi connectivity index (χ1) is 20.3. The molecule has 0 saturated heterocycles. The summed E-state index contributed by atoms with van der Waals surface area (Å²) in [5.41, 5.74) is 10.4. The summed E-state index contributed by atoms with van der Waals surface area (Å²) in [6, 6.07) is 47.0. The number of anilines is 2. The average Bonchev–Trinajstić information content (AvgIpc) is 3.38. The van der Waals surface area contributed by atoms with Crippen LogP contribution in [0.4, 0.5) is 11.4 Å². The monoisotopic (exact) mass is 543 g/mol. The average molecular weight is 544 g/mol. The second kappa shape index (κ2) is 9.83. The number of fused-ring (bicyclic) bond motifs is 6. The summed E-state index contributed by atoms with van der Waals surface area (Å²) >= 11 is 1.81. The number of allylic oxidation sites excluding steroid dienone is 2. The molecular weight excluding hydrogens is 515 g/mol. The van der Waals surface area contributed by atoms with Crippen LogP contribution in [0.5, 0.6) is 0 Å². The van der Waals surface area contributed by atoms with Crippen molar-refractivity contribution in [3.05, 3.63) is 151 Å². The van der Waals surface area contributed by atoms with Crippen LogP contribution in [0.1, 0.15) is 17.5 Å². The van der Waals surface area contributed by atoms with Gasteiger partial charge in [0.15, 0.2) is 0 Å². The molecule has 0 fully saturated rings. The van der Waals surface area contributed by atoms with E-state index in [0.717, 1.165) is 6.42 Å². The molecule has 0 N–H and O–H groups in total. The van der Waals surface area contributed by atoms with E-state index in [0.29, 0.717) is 0 Å². The number of thioether (sulfide) groups is 1. The van der Waals surface area contributed by atoms with Gasteiger partial charge in [-0.15, -0.1) is 11.8 Å². The van der Waals surface area contributed by atoms with E-state index in [2.05, 4.69) is 151 Å². The van der Waals surface area contributed by atoms with Crippen LogP contribution < -0.4 is 4.90 Å². The van der Waals surface area contributed by atoms with Gasteiger partial charge in [0.2, 0.25) is 0 Å². The topological polar surface area (TPSA) is 3.24 Å². The number of nitrogens with zero attached hydrogens (tertiary/aromatic N) is 1. The maximum Gasteiger partial charge on any atom is 0.0633 e. The Balaban J connectivity index is 1.21. The van der Waals surface area contributed by atoms with E-state index < -0.39 is 0 Å². The van der Waals surface area contributed by atoms with Crippen molar-refractivity contribution in [1.29, 1.82) is 0 Å². The Hall–Kier alpha value is -4.53. The quantitative estimate of drug-likeness (QED) is 0.161. The molecule has 0 bridgehead atoms. The lowest BCUT2D eigenvalue weighted by Gasteiger charge is -2.30. The third-order valence-electron chi connectivity index (χ3n) is 8.64. The highest BCUT2D eigenvalue weighted by atomic mass is 32.2. The summed E-state index contributed by atoms with van der Waals surface area (Å²) in [4.78, 5) is 3.86. The summed E-state index contributed by atoms with van der Waals surface area (Å²) in [6.07, 6.45) is 8.00. The van der Waals surface area contributed by atoms with Gasteiger partial charge in [0.05, 0.1) is 6.04 Å². The molecule has 0 spiro atoms. The van der Waals surface area contributed by atoms with E-state index in [4.69, 9.17) is 0 Å². The van der Waals surface area contributed by atoms with Crippen molar-refractivity contribution in [3.8, 4) is 11.1 Å². The van der Waals surface area contributed by atoms with Gasteiger partial charge in [0.1, 0.15) is 0 Å². The summed E-state index contributed by atoms with van der Waals surface area (Å²) in [6.45, 7) is 0. The van der Waals surface area contributed by atoms with E-state index in [1.54, 1.807) is 0 Å². The smallest absolute Gasteiger partial charge is 0.0633 e. The fourth-order valence-electron chi connectivity index (χ4n) is 6.69. The lowest BCUT2D eigenvalue weighted by Crippen LogP contribution is -2.27. The molecule has 0 radical (unpaired) electrons. The standard InChI is InChI=1S/C39H29NS/c1-41-39-22-18-29(24-35(39)26-9-3-2-4-10-26)28-17-21-38-36(25-28)34-13-7-8-14-37(34)40(38)31-19-20-33-30(23-31)16-15-27-11-5-6-12-32(27)33/h2-20,22-25,38H,21H2,1H3. The maximum atomic E-state index is 2.55. The highest BCUT2D eigenvalue weighted by Crippen LogP contribution is 2.49. The second-order valence-corrected chi connectivity index (χ2v) is 11.7. The summed E-state index contributed by atoms with van der Waals surface area (Å²) in [5, 5.41) is 5.19. The molecule has 41 heavy (non-hydrogen) atoms. The Morgan fingerprint density at radius 1 is 0.634 bits per heavy atom. The largest absolute Gasteiger partial charge is 0.333 e. The molecule has 1 atom stereocenters. The number of hydrogen-bond donors (Lipinski definition) is 0. The minimum absolute atomic E-state index is 0.285. The van der Waals surface area contributed by atoms with Gasteiger partial charge < -0.3 is 4.90 Å². The fraction of sp³-hybridized carbons (Fsp3) is 0.0769. The van der Waals surface area contributed by atoms with Gasteiger partial charge in [-0.3, -0.25) is 0 Å². The first kappa shape index (κ1) is 24.3. The van der Waals surface area contributed by atoms with Crippen molar-refractivity contribution in [2.45, 2.75) is 17.4 Å². The fourth-order valence-corrected chi connectivity index (χ4v) is 7.29. The van der Waals surface area contributed by atoms with Crippen LogP contribution in [0.15, 0.2) is 144 Å². The number of rotatable bonds is 4. The normalized spacial score (nSPS) is 15.9. The van der Waals surface area contributed by atoms with Crippen molar-refractivity contribution in [2.75, 3.05) is 11.2 Å². The predicted molar refractivity (Wildman–Crippen MR) is 178 cm³/mol. The van der Waals surface area contributed by atoms with E-state index in [9.17, 15) is 0 Å². The zero-order valence-electron chi connectivity index (χ0n) is 22.9. The Kier molecular flexibility index (Phi) is 5.82. The van der Waals surface area contributed by atoms with E-state index in [1.165, 1.54) is 71.2 Å². The van der Waals surface area contributed by atoms with Crippen molar-refractivity contribution >= 4 is 55.8 Å². The molecule has 1 heterocycles. The molecule has 2 heteroatoms. The van der Waals surface area contributed by atoms with Gasteiger partial charge in [-0.1, -0.05) is 103 Å². The van der Waals surface area contributed by atoms with Gasteiger partial charge in [-0.25, -0.2) is 0 Å². The first-order valence-corrected chi connectivity index (χ1v) is 15.5. The van der Waals surface area contributed by atoms with Crippen molar-refractivity contribution in [3.63, 3.8) is 0 Å². The SMILES string of the molecule is CSc1ccc(C2=CCC3C(=C2)c2ccccc2N3c2ccc3c(ccc4ccccc43)c2)cc1-c1ccccc1. The summed E-state index contributed by atoms with van der Waals surface area (Å²) in [7, 11) is 0. The molecule has 1 aliphatic heterocycles. The highest BCUT2D eigenvalue weighted by molar-refractivity contribution is 7.98. The molecule has 2 aliphatic rings. The molecular formula is C39H29NS. The van der Waals surface area contributed by atoms with E-state index in [1.807, 2.05) is 11.8 Å². The Bertz CT molecular complexity index is 2020. The number of hydrogen-bond acceptors (Lipinski definition) is 2. The van der Waals surface area contributed by atoms with Crippen LogP contribution >= 0.6 is 11.8 Å². The van der Waals surface area contributed by atoms with Gasteiger partial charge >= 0.3 is 0 Å². The molecule has 1 nitrogen and oxygen atoms in total. The van der Waals surface area contributed by atoms with Crippen molar-refractivity contribution in [2.24, 2.45) is 0 Å².